The van der Waals surface area contributed by atoms with Gasteiger partial charge in [-0.25, -0.2) is 8.42 Å². The summed E-state index contributed by atoms with van der Waals surface area (Å²) in [6, 6.07) is 0. The fourth-order valence-corrected chi connectivity index (χ4v) is 2.94. The summed E-state index contributed by atoms with van der Waals surface area (Å²) in [6.45, 7) is 2.13. The lowest BCUT2D eigenvalue weighted by atomic mass is 10.2. The average molecular weight is 281 g/mol. The Morgan fingerprint density at radius 1 is 1.28 bits per heavy atom. The zero-order chi connectivity index (χ0) is 14.3. The van der Waals surface area contributed by atoms with Crippen molar-refractivity contribution in [2.24, 2.45) is 5.92 Å². The van der Waals surface area contributed by atoms with Gasteiger partial charge in [0.25, 0.3) is 0 Å². The summed E-state index contributed by atoms with van der Waals surface area (Å²) in [4.78, 5) is 21.3. The number of sulfonamides is 1. The van der Waals surface area contributed by atoms with Crippen molar-refractivity contribution in [3.63, 3.8) is 0 Å². The minimum Gasteiger partial charge on any atom is -0.481 e. The third-order valence-corrected chi connectivity index (χ3v) is 4.23. The summed E-state index contributed by atoms with van der Waals surface area (Å²) in [6.07, 6.45) is 1.08. The van der Waals surface area contributed by atoms with Crippen LogP contribution in [0.2, 0.25) is 0 Å². The summed E-state index contributed by atoms with van der Waals surface area (Å²) < 4.78 is 24.4. The van der Waals surface area contributed by atoms with Gasteiger partial charge in [-0.1, -0.05) is 20.3 Å². The molecule has 0 rings (SSSR count). The highest BCUT2D eigenvalue weighted by atomic mass is 32.2. The van der Waals surface area contributed by atoms with Crippen LogP contribution in [0.1, 0.15) is 26.7 Å². The molecule has 0 aliphatic heterocycles. The van der Waals surface area contributed by atoms with Crippen molar-refractivity contribution in [1.82, 2.24) is 4.31 Å². The van der Waals surface area contributed by atoms with Gasteiger partial charge in [0, 0.05) is 6.54 Å². The second-order valence-corrected chi connectivity index (χ2v) is 6.18. The molecule has 0 saturated heterocycles. The summed E-state index contributed by atoms with van der Waals surface area (Å²) >= 11 is 0. The summed E-state index contributed by atoms with van der Waals surface area (Å²) in [5.41, 5.74) is 0. The molecule has 0 aromatic carbocycles. The molecule has 0 spiro atoms. The molecule has 0 aliphatic rings. The monoisotopic (exact) mass is 281 g/mol. The van der Waals surface area contributed by atoms with Crippen LogP contribution in [0.4, 0.5) is 0 Å². The minimum atomic E-state index is -3.72. The second-order valence-electron chi connectivity index (χ2n) is 4.10. The van der Waals surface area contributed by atoms with Gasteiger partial charge in [-0.3, -0.25) is 9.59 Å². The van der Waals surface area contributed by atoms with E-state index >= 15 is 0 Å². The molecule has 1 atom stereocenters. The third kappa shape index (κ3) is 5.97. The maximum absolute atomic E-state index is 11.9. The molecule has 0 saturated carbocycles. The van der Waals surface area contributed by atoms with Gasteiger partial charge in [0.2, 0.25) is 10.0 Å². The molecule has 0 radical (unpaired) electrons. The van der Waals surface area contributed by atoms with Crippen LogP contribution in [-0.2, 0) is 19.6 Å². The van der Waals surface area contributed by atoms with Gasteiger partial charge in [-0.05, 0) is 6.42 Å². The van der Waals surface area contributed by atoms with Crippen LogP contribution in [-0.4, -0.2) is 53.7 Å². The number of hydrogen-bond donors (Lipinski definition) is 2. The summed E-state index contributed by atoms with van der Waals surface area (Å²) in [5, 5.41) is 17.4. The number of carboxylic acids is 2. The van der Waals surface area contributed by atoms with Crippen molar-refractivity contribution in [3.05, 3.63) is 0 Å². The topological polar surface area (TPSA) is 112 Å². The van der Waals surface area contributed by atoms with Gasteiger partial charge in [-0.15, -0.1) is 0 Å². The van der Waals surface area contributed by atoms with Crippen molar-refractivity contribution in [2.75, 3.05) is 18.8 Å². The fourth-order valence-electron chi connectivity index (χ4n) is 1.27. The molecule has 0 fully saturated rings. The molecule has 0 bridgehead atoms. The highest BCUT2D eigenvalue weighted by Gasteiger charge is 2.27. The predicted octanol–water partition coefficient (Wildman–Crippen LogP) is 0.224. The van der Waals surface area contributed by atoms with Gasteiger partial charge in [0.1, 0.15) is 6.54 Å². The Labute approximate surface area is 106 Å². The number of carboxylic acid groups (broad SMARTS) is 2. The van der Waals surface area contributed by atoms with Gasteiger partial charge in [-0.2, -0.15) is 4.31 Å². The standard InChI is InChI=1S/C10H19NO6S/c1-3-4-5-18(16,17)11(7-9(12)13)6-8(2)10(14)15/h8H,3-7H2,1-2H3,(H,12,13)(H,14,15). The van der Waals surface area contributed by atoms with E-state index in [4.69, 9.17) is 10.2 Å². The lowest BCUT2D eigenvalue weighted by Gasteiger charge is -2.22. The van der Waals surface area contributed by atoms with E-state index in [0.717, 1.165) is 4.31 Å². The molecule has 0 aliphatic carbocycles. The summed E-state index contributed by atoms with van der Waals surface area (Å²) in [7, 11) is -3.72. The minimum absolute atomic E-state index is 0.164. The Kier molecular flexibility index (Phi) is 6.85. The maximum atomic E-state index is 11.9. The van der Waals surface area contributed by atoms with Crippen LogP contribution in [0.25, 0.3) is 0 Å². The first-order chi connectivity index (χ1) is 8.20. The van der Waals surface area contributed by atoms with Crippen molar-refractivity contribution in [3.8, 4) is 0 Å². The Morgan fingerprint density at radius 3 is 2.22 bits per heavy atom. The number of hydrogen-bond acceptors (Lipinski definition) is 4. The lowest BCUT2D eigenvalue weighted by Crippen LogP contribution is -2.41. The fraction of sp³-hybridized carbons (Fsp3) is 0.800. The molecule has 1 unspecified atom stereocenters. The number of aliphatic carboxylic acids is 2. The Bertz CT molecular complexity index is 391. The second kappa shape index (κ2) is 7.32. The highest BCUT2D eigenvalue weighted by Crippen LogP contribution is 2.09. The third-order valence-electron chi connectivity index (χ3n) is 2.36. The zero-order valence-electron chi connectivity index (χ0n) is 10.5. The molecule has 106 valence electrons. The zero-order valence-corrected chi connectivity index (χ0v) is 11.3. The average Bonchev–Trinajstić information content (AvgIpc) is 2.24. The molecule has 8 heteroatoms. The van der Waals surface area contributed by atoms with E-state index in [1.54, 1.807) is 0 Å². The Hall–Kier alpha value is -1.15. The first-order valence-corrected chi connectivity index (χ1v) is 7.24. The van der Waals surface area contributed by atoms with E-state index in [1.807, 2.05) is 6.92 Å². The van der Waals surface area contributed by atoms with Gasteiger partial charge >= 0.3 is 11.9 Å². The summed E-state index contributed by atoms with van der Waals surface area (Å²) in [5.74, 6) is -3.56. The predicted molar refractivity (Wildman–Crippen MR) is 64.7 cm³/mol. The maximum Gasteiger partial charge on any atom is 0.318 e. The number of nitrogens with zero attached hydrogens (tertiary/aromatic N) is 1. The molecule has 7 nitrogen and oxygen atoms in total. The molecular weight excluding hydrogens is 262 g/mol. The van der Waals surface area contributed by atoms with Crippen LogP contribution >= 0.6 is 0 Å². The first-order valence-electron chi connectivity index (χ1n) is 5.63. The van der Waals surface area contributed by atoms with Gasteiger partial charge in [0.15, 0.2) is 0 Å². The molecule has 18 heavy (non-hydrogen) atoms. The van der Waals surface area contributed by atoms with Crippen molar-refractivity contribution < 1.29 is 28.2 Å². The Morgan fingerprint density at radius 2 is 1.83 bits per heavy atom. The first kappa shape index (κ1) is 16.9. The number of carbonyl (C=O) groups is 2. The molecule has 0 heterocycles. The van der Waals surface area contributed by atoms with E-state index in [0.29, 0.717) is 12.8 Å². The van der Waals surface area contributed by atoms with E-state index in [2.05, 4.69) is 0 Å². The van der Waals surface area contributed by atoms with Gasteiger partial charge < -0.3 is 10.2 Å². The Balaban J connectivity index is 4.87. The van der Waals surface area contributed by atoms with Crippen molar-refractivity contribution in [2.45, 2.75) is 26.7 Å². The molecular formula is C10H19NO6S. The van der Waals surface area contributed by atoms with E-state index in [9.17, 15) is 18.0 Å². The molecule has 2 N–H and O–H groups in total. The van der Waals surface area contributed by atoms with Crippen LogP contribution in [0.5, 0.6) is 0 Å². The molecule has 0 aromatic heterocycles. The largest absolute Gasteiger partial charge is 0.481 e. The van der Waals surface area contributed by atoms with Crippen molar-refractivity contribution in [1.29, 1.82) is 0 Å². The molecule has 0 aromatic rings. The number of rotatable bonds is 9. The lowest BCUT2D eigenvalue weighted by molar-refractivity contribution is -0.143. The highest BCUT2D eigenvalue weighted by molar-refractivity contribution is 7.89. The van der Waals surface area contributed by atoms with E-state index in [-0.39, 0.29) is 12.3 Å². The van der Waals surface area contributed by atoms with E-state index < -0.39 is 34.4 Å². The quantitative estimate of drug-likeness (QED) is 0.625. The van der Waals surface area contributed by atoms with Crippen LogP contribution in [0, 0.1) is 5.92 Å². The smallest absolute Gasteiger partial charge is 0.318 e. The van der Waals surface area contributed by atoms with Gasteiger partial charge in [0.05, 0.1) is 11.7 Å². The number of unbranched alkanes of at least 4 members (excludes halogenated alkanes) is 1. The van der Waals surface area contributed by atoms with Crippen LogP contribution in [0.15, 0.2) is 0 Å². The normalized spacial score (nSPS) is 13.5. The van der Waals surface area contributed by atoms with E-state index in [1.165, 1.54) is 6.92 Å². The molecule has 0 amide bonds. The van der Waals surface area contributed by atoms with Crippen LogP contribution in [0.3, 0.4) is 0 Å². The SMILES string of the molecule is CCCCS(=O)(=O)N(CC(=O)O)CC(C)C(=O)O. The van der Waals surface area contributed by atoms with Crippen LogP contribution < -0.4 is 0 Å². The van der Waals surface area contributed by atoms with Crippen molar-refractivity contribution >= 4 is 22.0 Å².